The minimum Gasteiger partial charge on any atom is -0.488 e. The normalized spacial score (nSPS) is 12.6. The predicted octanol–water partition coefficient (Wildman–Crippen LogP) is 3.61. The Hall–Kier alpha value is -2.11. The summed E-state index contributed by atoms with van der Waals surface area (Å²) in [7, 11) is 0. The Morgan fingerprint density at radius 1 is 1.16 bits per heavy atom. The monoisotopic (exact) mass is 366 g/mol. The van der Waals surface area contributed by atoms with E-state index in [-0.39, 0.29) is 42.8 Å². The highest BCUT2D eigenvalue weighted by Crippen LogP contribution is 2.19. The van der Waals surface area contributed by atoms with Gasteiger partial charge in [0.15, 0.2) is 11.6 Å². The van der Waals surface area contributed by atoms with Gasteiger partial charge in [0.05, 0.1) is 6.04 Å². The van der Waals surface area contributed by atoms with Crippen LogP contribution < -0.4 is 15.8 Å². The van der Waals surface area contributed by atoms with Crippen LogP contribution in [0.4, 0.5) is 4.39 Å². The van der Waals surface area contributed by atoms with Crippen molar-refractivity contribution in [1.29, 1.82) is 0 Å². The fourth-order valence-corrected chi connectivity index (χ4v) is 2.27. The summed E-state index contributed by atoms with van der Waals surface area (Å²) in [5.74, 6) is -0.353. The SMILES string of the molecule is CC(N)CCC(=O)NC(COc1ccccc1F)c1ccccc1.Cl. The molecule has 2 aromatic rings. The number of para-hydroxylation sites is 1. The largest absolute Gasteiger partial charge is 0.488 e. The van der Waals surface area contributed by atoms with Crippen molar-refractivity contribution in [3.8, 4) is 5.75 Å². The van der Waals surface area contributed by atoms with Gasteiger partial charge in [-0.25, -0.2) is 4.39 Å². The Balaban J connectivity index is 0.00000312. The fourth-order valence-electron chi connectivity index (χ4n) is 2.27. The van der Waals surface area contributed by atoms with Crippen LogP contribution in [0.1, 0.15) is 31.4 Å². The smallest absolute Gasteiger partial charge is 0.220 e. The molecule has 136 valence electrons. The first-order chi connectivity index (χ1) is 11.6. The number of carbonyl (C=O) groups is 1. The van der Waals surface area contributed by atoms with Crippen molar-refractivity contribution in [3.63, 3.8) is 0 Å². The topological polar surface area (TPSA) is 64.4 Å². The number of carbonyl (C=O) groups excluding carboxylic acids is 1. The molecule has 0 fully saturated rings. The molecular formula is C19H24ClFN2O2. The average Bonchev–Trinajstić information content (AvgIpc) is 2.59. The molecule has 2 rings (SSSR count). The van der Waals surface area contributed by atoms with Gasteiger partial charge >= 0.3 is 0 Å². The molecule has 3 N–H and O–H groups in total. The highest BCUT2D eigenvalue weighted by Gasteiger charge is 2.16. The number of benzene rings is 2. The number of hydrogen-bond donors (Lipinski definition) is 2. The van der Waals surface area contributed by atoms with Crippen LogP contribution in [-0.2, 0) is 4.79 Å². The van der Waals surface area contributed by atoms with Crippen molar-refractivity contribution < 1.29 is 13.9 Å². The number of nitrogens with one attached hydrogen (secondary N) is 1. The van der Waals surface area contributed by atoms with E-state index in [0.29, 0.717) is 12.8 Å². The third-order valence-corrected chi connectivity index (χ3v) is 3.61. The molecule has 2 aromatic carbocycles. The van der Waals surface area contributed by atoms with Gasteiger partial charge in [-0.05, 0) is 31.0 Å². The highest BCUT2D eigenvalue weighted by molar-refractivity contribution is 5.85. The Bertz CT molecular complexity index is 653. The van der Waals surface area contributed by atoms with Crippen LogP contribution in [0.25, 0.3) is 0 Å². The third-order valence-electron chi connectivity index (χ3n) is 3.61. The maximum Gasteiger partial charge on any atom is 0.220 e. The van der Waals surface area contributed by atoms with Gasteiger partial charge in [-0.2, -0.15) is 0 Å². The van der Waals surface area contributed by atoms with Crippen LogP contribution >= 0.6 is 12.4 Å². The molecule has 0 aliphatic carbocycles. The quantitative estimate of drug-likeness (QED) is 0.750. The molecule has 0 aliphatic rings. The maximum atomic E-state index is 13.7. The van der Waals surface area contributed by atoms with Crippen LogP contribution in [0.3, 0.4) is 0 Å². The van der Waals surface area contributed by atoms with Gasteiger partial charge in [0.25, 0.3) is 0 Å². The van der Waals surface area contributed by atoms with Gasteiger partial charge in [-0.15, -0.1) is 12.4 Å². The molecule has 1 amide bonds. The summed E-state index contributed by atoms with van der Waals surface area (Å²) in [6.07, 6.45) is 0.961. The molecule has 4 nitrogen and oxygen atoms in total. The van der Waals surface area contributed by atoms with Crippen molar-refractivity contribution in [2.75, 3.05) is 6.61 Å². The van der Waals surface area contributed by atoms with E-state index in [2.05, 4.69) is 5.32 Å². The van der Waals surface area contributed by atoms with Crippen LogP contribution in [0, 0.1) is 5.82 Å². The lowest BCUT2D eigenvalue weighted by Gasteiger charge is -2.20. The highest BCUT2D eigenvalue weighted by atomic mass is 35.5. The van der Waals surface area contributed by atoms with Crippen LogP contribution in [0.15, 0.2) is 54.6 Å². The predicted molar refractivity (Wildman–Crippen MR) is 99.4 cm³/mol. The molecule has 0 saturated heterocycles. The van der Waals surface area contributed by atoms with E-state index < -0.39 is 5.82 Å². The van der Waals surface area contributed by atoms with E-state index in [1.165, 1.54) is 6.07 Å². The van der Waals surface area contributed by atoms with E-state index in [1.54, 1.807) is 18.2 Å². The zero-order valence-corrected chi connectivity index (χ0v) is 15.0. The van der Waals surface area contributed by atoms with Gasteiger partial charge in [0.1, 0.15) is 6.61 Å². The minimum absolute atomic E-state index is 0. The summed E-state index contributed by atoms with van der Waals surface area (Å²) in [5.41, 5.74) is 6.59. The Morgan fingerprint density at radius 2 is 1.80 bits per heavy atom. The second-order valence-corrected chi connectivity index (χ2v) is 5.79. The van der Waals surface area contributed by atoms with E-state index >= 15 is 0 Å². The molecule has 2 unspecified atom stereocenters. The Kier molecular flexibility index (Phi) is 8.95. The first kappa shape index (κ1) is 20.9. The summed E-state index contributed by atoms with van der Waals surface area (Å²) in [4.78, 5) is 12.1. The average molecular weight is 367 g/mol. The van der Waals surface area contributed by atoms with Gasteiger partial charge < -0.3 is 15.8 Å². The summed E-state index contributed by atoms with van der Waals surface area (Å²) in [5, 5.41) is 2.94. The molecule has 6 heteroatoms. The molecule has 0 saturated carbocycles. The first-order valence-electron chi connectivity index (χ1n) is 8.03. The minimum atomic E-state index is -0.424. The zero-order valence-electron chi connectivity index (χ0n) is 14.2. The van der Waals surface area contributed by atoms with Crippen molar-refractivity contribution in [2.45, 2.75) is 31.8 Å². The Labute approximate surface area is 154 Å². The van der Waals surface area contributed by atoms with Crippen molar-refractivity contribution in [1.82, 2.24) is 5.32 Å². The number of ether oxygens (including phenoxy) is 1. The molecule has 0 aromatic heterocycles. The summed E-state index contributed by atoms with van der Waals surface area (Å²) in [6, 6.07) is 15.3. The molecule has 0 aliphatic heterocycles. The number of rotatable bonds is 8. The summed E-state index contributed by atoms with van der Waals surface area (Å²) in [6.45, 7) is 2.01. The second kappa shape index (κ2) is 10.7. The van der Waals surface area contributed by atoms with E-state index in [4.69, 9.17) is 10.5 Å². The third kappa shape index (κ3) is 7.11. The van der Waals surface area contributed by atoms with E-state index in [1.807, 2.05) is 37.3 Å². The molecule has 0 spiro atoms. The lowest BCUT2D eigenvalue weighted by atomic mass is 10.1. The van der Waals surface area contributed by atoms with Crippen molar-refractivity contribution in [2.24, 2.45) is 5.73 Å². The van der Waals surface area contributed by atoms with Crippen molar-refractivity contribution in [3.05, 3.63) is 66.0 Å². The van der Waals surface area contributed by atoms with Crippen LogP contribution in [-0.4, -0.2) is 18.6 Å². The molecule has 0 heterocycles. The van der Waals surface area contributed by atoms with Gasteiger partial charge in [-0.3, -0.25) is 4.79 Å². The lowest BCUT2D eigenvalue weighted by Crippen LogP contribution is -2.33. The molecule has 0 bridgehead atoms. The van der Waals surface area contributed by atoms with Crippen LogP contribution in [0.5, 0.6) is 5.75 Å². The summed E-state index contributed by atoms with van der Waals surface area (Å²) >= 11 is 0. The van der Waals surface area contributed by atoms with Gasteiger partial charge in [0.2, 0.25) is 5.91 Å². The van der Waals surface area contributed by atoms with Gasteiger partial charge in [-0.1, -0.05) is 42.5 Å². The second-order valence-electron chi connectivity index (χ2n) is 5.79. The van der Waals surface area contributed by atoms with Gasteiger partial charge in [0, 0.05) is 12.5 Å². The molecular weight excluding hydrogens is 343 g/mol. The van der Waals surface area contributed by atoms with Crippen molar-refractivity contribution >= 4 is 18.3 Å². The maximum absolute atomic E-state index is 13.7. The van der Waals surface area contributed by atoms with E-state index in [0.717, 1.165) is 5.56 Å². The molecule has 0 radical (unpaired) electrons. The number of halogens is 2. The standard InChI is InChI=1S/C19H23FN2O2.ClH/c1-14(21)11-12-19(23)22-17(15-7-3-2-4-8-15)13-24-18-10-6-5-9-16(18)20;/h2-10,14,17H,11-13,21H2,1H3,(H,22,23);1H. The van der Waals surface area contributed by atoms with Crippen LogP contribution in [0.2, 0.25) is 0 Å². The molecule has 25 heavy (non-hydrogen) atoms. The number of amides is 1. The number of hydrogen-bond acceptors (Lipinski definition) is 3. The fraction of sp³-hybridized carbons (Fsp3) is 0.316. The molecule has 2 atom stereocenters. The lowest BCUT2D eigenvalue weighted by molar-refractivity contribution is -0.122. The zero-order chi connectivity index (χ0) is 17.4. The first-order valence-corrected chi connectivity index (χ1v) is 8.03. The van der Waals surface area contributed by atoms with E-state index in [9.17, 15) is 9.18 Å². The number of nitrogens with two attached hydrogens (primary N) is 1. The summed E-state index contributed by atoms with van der Waals surface area (Å²) < 4.78 is 19.3. The Morgan fingerprint density at radius 3 is 2.44 bits per heavy atom.